The molecule has 98 valence electrons. The van der Waals surface area contributed by atoms with Gasteiger partial charge in [-0.25, -0.2) is 0 Å². The predicted octanol–water partition coefficient (Wildman–Crippen LogP) is 3.12. The molecule has 0 spiro atoms. The van der Waals surface area contributed by atoms with Crippen molar-refractivity contribution in [1.82, 2.24) is 5.32 Å². The summed E-state index contributed by atoms with van der Waals surface area (Å²) in [7, 11) is 0. The van der Waals surface area contributed by atoms with Crippen LogP contribution in [0.4, 0.5) is 5.69 Å². The molecule has 3 N–H and O–H groups in total. The topological polar surface area (TPSA) is 55.1 Å². The summed E-state index contributed by atoms with van der Waals surface area (Å²) in [5, 5.41) is 3.00. The molecule has 1 aromatic rings. The lowest BCUT2D eigenvalue weighted by Gasteiger charge is -2.11. The minimum Gasteiger partial charge on any atom is -0.398 e. The van der Waals surface area contributed by atoms with Gasteiger partial charge in [0, 0.05) is 22.3 Å². The summed E-state index contributed by atoms with van der Waals surface area (Å²) in [6.45, 7) is 7.08. The molecule has 2 rings (SSSR count). The Balaban J connectivity index is 2.05. The fraction of sp³-hybridized carbons (Fsp3) is 0.500. The standard InChI is InChI=1S/C14H19BrN2O/c1-8-11(4-10(15)5-12(8)16)13(18)17-7-9-6-14(9,2)3/h4-5,9H,6-7,16H2,1-3H3,(H,17,18). The lowest BCUT2D eigenvalue weighted by molar-refractivity contribution is 0.0950. The third-order valence-electron chi connectivity index (χ3n) is 3.88. The number of carbonyl (C=O) groups excluding carboxylic acids is 1. The van der Waals surface area contributed by atoms with Gasteiger partial charge in [-0.2, -0.15) is 0 Å². The number of benzene rings is 1. The van der Waals surface area contributed by atoms with E-state index in [-0.39, 0.29) is 5.91 Å². The number of hydrogen-bond acceptors (Lipinski definition) is 2. The van der Waals surface area contributed by atoms with E-state index in [9.17, 15) is 4.79 Å². The van der Waals surface area contributed by atoms with Crippen molar-refractivity contribution < 1.29 is 4.79 Å². The molecule has 0 saturated heterocycles. The number of amides is 1. The summed E-state index contributed by atoms with van der Waals surface area (Å²) in [5.74, 6) is 0.564. The summed E-state index contributed by atoms with van der Waals surface area (Å²) in [5.41, 5.74) is 8.38. The molecule has 1 fully saturated rings. The van der Waals surface area contributed by atoms with Gasteiger partial charge in [0.25, 0.3) is 5.91 Å². The summed E-state index contributed by atoms with van der Waals surface area (Å²) in [4.78, 5) is 12.1. The van der Waals surface area contributed by atoms with E-state index in [0.717, 1.165) is 16.6 Å². The molecule has 3 nitrogen and oxygen atoms in total. The summed E-state index contributed by atoms with van der Waals surface area (Å²) in [6, 6.07) is 3.63. The van der Waals surface area contributed by atoms with Crippen LogP contribution in [-0.4, -0.2) is 12.5 Å². The van der Waals surface area contributed by atoms with Crippen molar-refractivity contribution in [3.8, 4) is 0 Å². The van der Waals surface area contributed by atoms with Gasteiger partial charge in [0.1, 0.15) is 0 Å². The molecule has 0 aliphatic heterocycles. The van der Waals surface area contributed by atoms with Crippen LogP contribution < -0.4 is 11.1 Å². The van der Waals surface area contributed by atoms with Crippen molar-refractivity contribution >= 4 is 27.5 Å². The highest BCUT2D eigenvalue weighted by atomic mass is 79.9. The Labute approximate surface area is 116 Å². The molecule has 1 saturated carbocycles. The number of halogens is 1. The lowest BCUT2D eigenvalue weighted by Crippen LogP contribution is -2.27. The first-order valence-corrected chi connectivity index (χ1v) is 6.94. The van der Waals surface area contributed by atoms with E-state index in [1.54, 1.807) is 0 Å². The third-order valence-corrected chi connectivity index (χ3v) is 4.34. The van der Waals surface area contributed by atoms with Crippen LogP contribution in [0.5, 0.6) is 0 Å². The molecule has 1 unspecified atom stereocenters. The molecular weight excluding hydrogens is 292 g/mol. The fourth-order valence-corrected chi connectivity index (χ4v) is 2.65. The van der Waals surface area contributed by atoms with E-state index < -0.39 is 0 Å². The molecule has 1 atom stereocenters. The second kappa shape index (κ2) is 4.57. The first-order valence-electron chi connectivity index (χ1n) is 6.15. The van der Waals surface area contributed by atoms with Crippen LogP contribution >= 0.6 is 15.9 Å². The van der Waals surface area contributed by atoms with E-state index >= 15 is 0 Å². The molecule has 1 aromatic carbocycles. The van der Waals surface area contributed by atoms with Gasteiger partial charge >= 0.3 is 0 Å². The number of hydrogen-bond donors (Lipinski definition) is 2. The van der Waals surface area contributed by atoms with Gasteiger partial charge < -0.3 is 11.1 Å². The molecule has 1 aliphatic carbocycles. The fourth-order valence-electron chi connectivity index (χ4n) is 2.17. The molecule has 1 aliphatic rings. The lowest BCUT2D eigenvalue weighted by atomic mass is 10.1. The van der Waals surface area contributed by atoms with E-state index in [4.69, 9.17) is 5.73 Å². The summed E-state index contributed by atoms with van der Waals surface area (Å²) < 4.78 is 0.836. The molecule has 1 amide bonds. The van der Waals surface area contributed by atoms with Crippen LogP contribution in [0, 0.1) is 18.3 Å². The van der Waals surface area contributed by atoms with Crippen LogP contribution in [0.25, 0.3) is 0 Å². The van der Waals surface area contributed by atoms with Gasteiger partial charge in [0.05, 0.1) is 0 Å². The Bertz CT molecular complexity index is 497. The van der Waals surface area contributed by atoms with Gasteiger partial charge in [0.15, 0.2) is 0 Å². The van der Waals surface area contributed by atoms with Crippen LogP contribution in [0.15, 0.2) is 16.6 Å². The van der Waals surface area contributed by atoms with Crippen molar-refractivity contribution in [2.45, 2.75) is 27.2 Å². The molecule has 18 heavy (non-hydrogen) atoms. The highest BCUT2D eigenvalue weighted by molar-refractivity contribution is 9.10. The predicted molar refractivity (Wildman–Crippen MR) is 77.5 cm³/mol. The SMILES string of the molecule is Cc1c(N)cc(Br)cc1C(=O)NCC1CC1(C)C. The largest absolute Gasteiger partial charge is 0.398 e. The van der Waals surface area contributed by atoms with Crippen LogP contribution in [0.3, 0.4) is 0 Å². The van der Waals surface area contributed by atoms with Gasteiger partial charge in [-0.1, -0.05) is 29.8 Å². The number of nitrogens with two attached hydrogens (primary N) is 1. The Kier molecular flexibility index (Phi) is 3.41. The molecule has 0 radical (unpaired) electrons. The Hall–Kier alpha value is -1.03. The van der Waals surface area contributed by atoms with Crippen molar-refractivity contribution in [2.75, 3.05) is 12.3 Å². The van der Waals surface area contributed by atoms with E-state index in [2.05, 4.69) is 35.1 Å². The number of nitrogens with one attached hydrogen (secondary N) is 1. The van der Waals surface area contributed by atoms with Gasteiger partial charge in [-0.15, -0.1) is 0 Å². The molecule has 0 heterocycles. The minimum atomic E-state index is -0.0387. The molecular formula is C14H19BrN2O. The second-order valence-electron chi connectivity index (χ2n) is 5.77. The maximum absolute atomic E-state index is 12.1. The zero-order valence-electron chi connectivity index (χ0n) is 11.0. The van der Waals surface area contributed by atoms with E-state index in [1.165, 1.54) is 6.42 Å². The quantitative estimate of drug-likeness (QED) is 0.843. The third kappa shape index (κ3) is 2.69. The second-order valence-corrected chi connectivity index (χ2v) is 6.68. The van der Waals surface area contributed by atoms with Crippen LogP contribution in [0.1, 0.15) is 36.2 Å². The first kappa shape index (κ1) is 13.4. The Morgan fingerprint density at radius 1 is 1.56 bits per heavy atom. The minimum absolute atomic E-state index is 0.0387. The Morgan fingerprint density at radius 3 is 2.72 bits per heavy atom. The maximum Gasteiger partial charge on any atom is 0.251 e. The summed E-state index contributed by atoms with van der Waals surface area (Å²) in [6.07, 6.45) is 1.19. The average molecular weight is 311 g/mol. The van der Waals surface area contributed by atoms with Crippen LogP contribution in [0.2, 0.25) is 0 Å². The Morgan fingerprint density at radius 2 is 2.17 bits per heavy atom. The smallest absolute Gasteiger partial charge is 0.251 e. The van der Waals surface area contributed by atoms with Gasteiger partial charge in [-0.3, -0.25) is 4.79 Å². The zero-order chi connectivity index (χ0) is 13.5. The maximum atomic E-state index is 12.1. The summed E-state index contributed by atoms with van der Waals surface area (Å²) >= 11 is 3.37. The number of carbonyl (C=O) groups is 1. The first-order chi connectivity index (χ1) is 8.31. The van der Waals surface area contributed by atoms with E-state index in [0.29, 0.717) is 22.6 Å². The van der Waals surface area contributed by atoms with Gasteiger partial charge in [0.2, 0.25) is 0 Å². The number of anilines is 1. The van der Waals surface area contributed by atoms with Crippen LogP contribution in [-0.2, 0) is 0 Å². The molecule has 0 aromatic heterocycles. The monoisotopic (exact) mass is 310 g/mol. The molecule has 0 bridgehead atoms. The number of nitrogen functional groups attached to an aromatic ring is 1. The number of rotatable bonds is 3. The van der Waals surface area contributed by atoms with Crippen molar-refractivity contribution in [3.63, 3.8) is 0 Å². The normalized spacial score (nSPS) is 20.6. The van der Waals surface area contributed by atoms with Crippen molar-refractivity contribution in [1.29, 1.82) is 0 Å². The zero-order valence-corrected chi connectivity index (χ0v) is 12.6. The molecule has 4 heteroatoms. The highest BCUT2D eigenvalue weighted by Gasteiger charge is 2.45. The van der Waals surface area contributed by atoms with Gasteiger partial charge in [-0.05, 0) is 42.4 Å². The van der Waals surface area contributed by atoms with Crippen molar-refractivity contribution in [2.24, 2.45) is 11.3 Å². The average Bonchev–Trinajstić information content (AvgIpc) is 2.88. The van der Waals surface area contributed by atoms with E-state index in [1.807, 2.05) is 19.1 Å². The highest BCUT2D eigenvalue weighted by Crippen LogP contribution is 2.51. The van der Waals surface area contributed by atoms with Crippen molar-refractivity contribution in [3.05, 3.63) is 27.7 Å².